The topological polar surface area (TPSA) is 33.1 Å². The van der Waals surface area contributed by atoms with Crippen molar-refractivity contribution in [2.24, 2.45) is 0 Å². The summed E-state index contributed by atoms with van der Waals surface area (Å²) in [5, 5.41) is 8.07. The number of rotatable bonds is 4. The summed E-state index contributed by atoms with van der Waals surface area (Å²) in [6.45, 7) is 11.0. The Kier molecular flexibility index (Phi) is 4.27. The van der Waals surface area contributed by atoms with Crippen molar-refractivity contribution in [3.8, 4) is 0 Å². The van der Waals surface area contributed by atoms with Crippen LogP contribution in [0.1, 0.15) is 46.6 Å². The molecule has 1 saturated heterocycles. The van der Waals surface area contributed by atoms with Crippen LogP contribution in [0.5, 0.6) is 0 Å². The van der Waals surface area contributed by atoms with Gasteiger partial charge in [0.2, 0.25) is 0 Å². The number of aromatic nitrogens is 2. The summed E-state index contributed by atoms with van der Waals surface area (Å²) in [7, 11) is 0. The first-order valence-electron chi connectivity index (χ1n) is 7.11. The van der Waals surface area contributed by atoms with E-state index in [0.717, 1.165) is 13.1 Å². The summed E-state index contributed by atoms with van der Waals surface area (Å²) in [5.74, 6) is 0. The van der Waals surface area contributed by atoms with E-state index < -0.39 is 0 Å². The molecule has 2 heterocycles. The van der Waals surface area contributed by atoms with Gasteiger partial charge in [-0.25, -0.2) is 0 Å². The molecule has 1 aliphatic heterocycles. The van der Waals surface area contributed by atoms with Crippen molar-refractivity contribution in [2.75, 3.05) is 18.0 Å². The molecule has 0 aliphatic carbocycles. The predicted molar refractivity (Wildman–Crippen MR) is 76.1 cm³/mol. The lowest BCUT2D eigenvalue weighted by atomic mass is 10.0. The van der Waals surface area contributed by atoms with Crippen molar-refractivity contribution in [3.05, 3.63) is 12.4 Å². The zero-order valence-electron chi connectivity index (χ0n) is 12.1. The van der Waals surface area contributed by atoms with Gasteiger partial charge in [0.1, 0.15) is 0 Å². The van der Waals surface area contributed by atoms with Gasteiger partial charge in [-0.2, -0.15) is 5.10 Å². The average Bonchev–Trinajstić information content (AvgIpc) is 2.77. The number of nitrogens with one attached hydrogen (secondary N) is 1. The van der Waals surface area contributed by atoms with Crippen LogP contribution < -0.4 is 10.2 Å². The molecule has 1 atom stereocenters. The highest BCUT2D eigenvalue weighted by molar-refractivity contribution is 5.43. The monoisotopic (exact) mass is 250 g/mol. The zero-order valence-corrected chi connectivity index (χ0v) is 12.1. The third kappa shape index (κ3) is 3.25. The molecular formula is C14H26N4. The second-order valence-corrected chi connectivity index (χ2v) is 5.88. The lowest BCUT2D eigenvalue weighted by Crippen LogP contribution is -2.47. The zero-order chi connectivity index (χ0) is 13.1. The van der Waals surface area contributed by atoms with Crippen LogP contribution in [0, 0.1) is 0 Å². The number of piperidine rings is 1. The van der Waals surface area contributed by atoms with E-state index >= 15 is 0 Å². The highest BCUT2D eigenvalue weighted by Gasteiger charge is 2.21. The van der Waals surface area contributed by atoms with Crippen LogP contribution in [-0.4, -0.2) is 35.0 Å². The molecule has 2 rings (SSSR count). The molecule has 0 saturated carbocycles. The highest BCUT2D eigenvalue weighted by Crippen LogP contribution is 2.20. The Morgan fingerprint density at radius 3 is 2.72 bits per heavy atom. The fourth-order valence-corrected chi connectivity index (χ4v) is 2.59. The molecule has 102 valence electrons. The molecule has 0 radical (unpaired) electrons. The Bertz CT molecular complexity index is 370. The van der Waals surface area contributed by atoms with Gasteiger partial charge in [-0.15, -0.1) is 0 Å². The van der Waals surface area contributed by atoms with Crippen molar-refractivity contribution in [1.82, 2.24) is 15.1 Å². The molecule has 0 aromatic carbocycles. The minimum absolute atomic E-state index is 0.438. The Morgan fingerprint density at radius 2 is 2.11 bits per heavy atom. The Labute approximate surface area is 110 Å². The quantitative estimate of drug-likeness (QED) is 0.891. The number of hydrogen-bond donors (Lipinski definition) is 1. The summed E-state index contributed by atoms with van der Waals surface area (Å²) in [6.07, 6.45) is 6.71. The fraction of sp³-hybridized carbons (Fsp3) is 0.786. The Morgan fingerprint density at radius 1 is 1.33 bits per heavy atom. The van der Waals surface area contributed by atoms with Crippen LogP contribution in [-0.2, 0) is 0 Å². The maximum absolute atomic E-state index is 4.43. The maximum atomic E-state index is 4.43. The van der Waals surface area contributed by atoms with Crippen molar-refractivity contribution in [3.63, 3.8) is 0 Å². The number of hydrogen-bond acceptors (Lipinski definition) is 3. The largest absolute Gasteiger partial charge is 0.367 e. The van der Waals surface area contributed by atoms with E-state index in [1.807, 2.05) is 10.9 Å². The molecule has 1 aliphatic rings. The second kappa shape index (κ2) is 5.74. The van der Waals surface area contributed by atoms with Crippen molar-refractivity contribution in [2.45, 2.75) is 58.7 Å². The van der Waals surface area contributed by atoms with Crippen LogP contribution in [0.3, 0.4) is 0 Å². The summed E-state index contributed by atoms with van der Waals surface area (Å²) in [6, 6.07) is 1.61. The molecule has 4 heteroatoms. The molecule has 0 bridgehead atoms. The summed E-state index contributed by atoms with van der Waals surface area (Å²) >= 11 is 0. The van der Waals surface area contributed by atoms with Gasteiger partial charge in [-0.1, -0.05) is 13.8 Å². The molecule has 1 fully saturated rings. The molecule has 1 aromatic heterocycles. The first-order chi connectivity index (χ1) is 8.56. The third-order valence-corrected chi connectivity index (χ3v) is 3.47. The van der Waals surface area contributed by atoms with E-state index in [9.17, 15) is 0 Å². The average molecular weight is 250 g/mol. The first kappa shape index (κ1) is 13.4. The van der Waals surface area contributed by atoms with E-state index in [0.29, 0.717) is 18.1 Å². The molecule has 18 heavy (non-hydrogen) atoms. The van der Waals surface area contributed by atoms with Crippen molar-refractivity contribution >= 4 is 5.69 Å². The first-order valence-corrected chi connectivity index (χ1v) is 7.11. The van der Waals surface area contributed by atoms with Gasteiger partial charge in [0.15, 0.2) is 0 Å². The van der Waals surface area contributed by atoms with Crippen LogP contribution >= 0.6 is 0 Å². The third-order valence-electron chi connectivity index (χ3n) is 3.47. The van der Waals surface area contributed by atoms with Gasteiger partial charge >= 0.3 is 0 Å². The normalized spacial score (nSPS) is 21.0. The van der Waals surface area contributed by atoms with Crippen molar-refractivity contribution < 1.29 is 0 Å². The van der Waals surface area contributed by atoms with E-state index in [4.69, 9.17) is 0 Å². The Balaban J connectivity index is 1.99. The van der Waals surface area contributed by atoms with E-state index in [-0.39, 0.29) is 0 Å². The molecular weight excluding hydrogens is 224 g/mol. The molecule has 1 aromatic rings. The van der Waals surface area contributed by atoms with Crippen LogP contribution in [0.4, 0.5) is 5.69 Å². The minimum Gasteiger partial charge on any atom is -0.367 e. The summed E-state index contributed by atoms with van der Waals surface area (Å²) in [5.41, 5.74) is 1.26. The van der Waals surface area contributed by atoms with Gasteiger partial charge in [-0.3, -0.25) is 4.68 Å². The summed E-state index contributed by atoms with van der Waals surface area (Å²) in [4.78, 5) is 2.45. The predicted octanol–water partition coefficient (Wildman–Crippen LogP) is 2.43. The lowest BCUT2D eigenvalue weighted by Gasteiger charge is -2.34. The smallest absolute Gasteiger partial charge is 0.0753 e. The van der Waals surface area contributed by atoms with Crippen molar-refractivity contribution in [1.29, 1.82) is 0 Å². The van der Waals surface area contributed by atoms with Gasteiger partial charge in [0.05, 0.1) is 11.9 Å². The summed E-state index contributed by atoms with van der Waals surface area (Å²) < 4.78 is 2.04. The maximum Gasteiger partial charge on any atom is 0.0753 e. The van der Waals surface area contributed by atoms with Gasteiger partial charge in [0, 0.05) is 37.4 Å². The van der Waals surface area contributed by atoms with Crippen LogP contribution in [0.25, 0.3) is 0 Å². The Hall–Kier alpha value is -1.03. The molecule has 1 N–H and O–H groups in total. The van der Waals surface area contributed by atoms with Gasteiger partial charge in [-0.05, 0) is 26.7 Å². The lowest BCUT2D eigenvalue weighted by molar-refractivity contribution is 0.394. The number of anilines is 1. The van der Waals surface area contributed by atoms with E-state index in [1.54, 1.807) is 0 Å². The minimum atomic E-state index is 0.438. The fourth-order valence-electron chi connectivity index (χ4n) is 2.59. The molecule has 1 unspecified atom stereocenters. The van der Waals surface area contributed by atoms with Gasteiger partial charge in [0.25, 0.3) is 0 Å². The molecule has 0 amide bonds. The van der Waals surface area contributed by atoms with Gasteiger partial charge < -0.3 is 10.2 Å². The van der Waals surface area contributed by atoms with Crippen LogP contribution in [0.15, 0.2) is 12.4 Å². The molecule has 0 spiro atoms. The van der Waals surface area contributed by atoms with E-state index in [2.05, 4.69) is 49.2 Å². The SMILES string of the molecule is CC(C)NC1CCCN(c2cnn(C(C)C)c2)C1. The standard InChI is InChI=1S/C14H26N4/c1-11(2)16-13-6-5-7-17(9-13)14-8-15-18(10-14)12(3)4/h8,10-13,16H,5-7,9H2,1-4H3. The molecule has 4 nitrogen and oxygen atoms in total. The highest BCUT2D eigenvalue weighted by atomic mass is 15.3. The van der Waals surface area contributed by atoms with E-state index in [1.165, 1.54) is 18.5 Å². The second-order valence-electron chi connectivity index (χ2n) is 5.88. The number of nitrogens with zero attached hydrogens (tertiary/aromatic N) is 3. The van der Waals surface area contributed by atoms with Crippen LogP contribution in [0.2, 0.25) is 0 Å².